The second kappa shape index (κ2) is 5.83. The third-order valence-corrected chi connectivity index (χ3v) is 2.32. The summed E-state index contributed by atoms with van der Waals surface area (Å²) in [6.07, 6.45) is 2.08. The van der Waals surface area contributed by atoms with Crippen LogP contribution in [0.4, 0.5) is 0 Å². The topological polar surface area (TPSA) is 34.1 Å². The van der Waals surface area contributed by atoms with Crippen LogP contribution in [-0.2, 0) is 4.74 Å². The first-order chi connectivity index (χ1) is 7.15. The van der Waals surface area contributed by atoms with Crippen LogP contribution in [0.5, 0.6) is 0 Å². The number of nitrogens with one attached hydrogen (secondary N) is 1. The minimum Gasteiger partial charge on any atom is -0.377 e. The van der Waals surface area contributed by atoms with E-state index in [4.69, 9.17) is 4.74 Å². The van der Waals surface area contributed by atoms with Gasteiger partial charge >= 0.3 is 0 Å². The summed E-state index contributed by atoms with van der Waals surface area (Å²) >= 11 is 0. The van der Waals surface area contributed by atoms with Crippen molar-refractivity contribution in [1.29, 1.82) is 0 Å². The molecule has 1 heterocycles. The van der Waals surface area contributed by atoms with Crippen LogP contribution >= 0.6 is 0 Å². The largest absolute Gasteiger partial charge is 0.377 e. The average molecular weight is 208 g/mol. The van der Waals surface area contributed by atoms with Crippen molar-refractivity contribution in [2.75, 3.05) is 13.7 Å². The highest BCUT2D eigenvalue weighted by Gasteiger charge is 2.13. The van der Waals surface area contributed by atoms with Crippen LogP contribution in [-0.4, -0.2) is 24.7 Å². The molecule has 3 heteroatoms. The smallest absolute Gasteiger partial charge is 0.0733 e. The Bertz CT molecular complexity index is 299. The average Bonchev–Trinajstić information content (AvgIpc) is 2.21. The lowest BCUT2D eigenvalue weighted by molar-refractivity contribution is 0.0617. The predicted molar refractivity (Wildman–Crippen MR) is 61.9 cm³/mol. The highest BCUT2D eigenvalue weighted by atomic mass is 16.5. The maximum atomic E-state index is 5.60. The summed E-state index contributed by atoms with van der Waals surface area (Å²) in [4.78, 5) is 4.38. The number of aryl methyl sites for hydroxylation is 1. The van der Waals surface area contributed by atoms with Crippen molar-refractivity contribution in [3.8, 4) is 0 Å². The minimum atomic E-state index is 0.175. The SMILES string of the molecule is CNC(COC(C)C)c1ncccc1C. The zero-order valence-electron chi connectivity index (χ0n) is 9.95. The van der Waals surface area contributed by atoms with Gasteiger partial charge in [0.1, 0.15) is 0 Å². The van der Waals surface area contributed by atoms with Crippen molar-refractivity contribution < 1.29 is 4.74 Å². The van der Waals surface area contributed by atoms with Gasteiger partial charge in [-0.1, -0.05) is 6.07 Å². The number of ether oxygens (including phenoxy) is 1. The summed E-state index contributed by atoms with van der Waals surface area (Å²) in [7, 11) is 1.93. The third kappa shape index (κ3) is 3.61. The molecule has 15 heavy (non-hydrogen) atoms. The van der Waals surface area contributed by atoms with Gasteiger partial charge in [-0.05, 0) is 39.4 Å². The molecule has 1 atom stereocenters. The number of aromatic nitrogens is 1. The Balaban J connectivity index is 2.70. The van der Waals surface area contributed by atoms with Crippen LogP contribution in [0.2, 0.25) is 0 Å². The Kier molecular flexibility index (Phi) is 4.72. The summed E-state index contributed by atoms with van der Waals surface area (Å²) < 4.78 is 5.60. The molecule has 0 amide bonds. The van der Waals surface area contributed by atoms with E-state index in [9.17, 15) is 0 Å². The fraction of sp³-hybridized carbons (Fsp3) is 0.583. The maximum Gasteiger partial charge on any atom is 0.0733 e. The third-order valence-electron chi connectivity index (χ3n) is 2.32. The molecule has 0 saturated carbocycles. The Morgan fingerprint density at radius 2 is 2.20 bits per heavy atom. The normalized spacial score (nSPS) is 13.1. The summed E-state index contributed by atoms with van der Waals surface area (Å²) in [6, 6.07) is 4.20. The Hall–Kier alpha value is -0.930. The Morgan fingerprint density at radius 3 is 2.73 bits per heavy atom. The van der Waals surface area contributed by atoms with E-state index >= 15 is 0 Å². The molecule has 1 N–H and O–H groups in total. The first-order valence-electron chi connectivity index (χ1n) is 5.35. The number of rotatable bonds is 5. The van der Waals surface area contributed by atoms with Crippen LogP contribution in [0.1, 0.15) is 31.1 Å². The highest BCUT2D eigenvalue weighted by Crippen LogP contribution is 2.14. The van der Waals surface area contributed by atoms with Gasteiger partial charge in [-0.15, -0.1) is 0 Å². The van der Waals surface area contributed by atoms with Crippen LogP contribution in [0.3, 0.4) is 0 Å². The van der Waals surface area contributed by atoms with Gasteiger partial charge in [-0.3, -0.25) is 4.98 Å². The van der Waals surface area contributed by atoms with E-state index in [-0.39, 0.29) is 12.1 Å². The number of hydrogen-bond donors (Lipinski definition) is 1. The highest BCUT2D eigenvalue weighted by molar-refractivity contribution is 5.21. The second-order valence-electron chi connectivity index (χ2n) is 3.93. The molecule has 84 valence electrons. The molecule has 1 unspecified atom stereocenters. The van der Waals surface area contributed by atoms with Crippen LogP contribution in [0, 0.1) is 6.92 Å². The van der Waals surface area contributed by atoms with Gasteiger partial charge in [0, 0.05) is 6.20 Å². The lowest BCUT2D eigenvalue weighted by Gasteiger charge is -2.19. The molecule has 0 aliphatic carbocycles. The second-order valence-corrected chi connectivity index (χ2v) is 3.93. The van der Waals surface area contributed by atoms with E-state index < -0.39 is 0 Å². The lowest BCUT2D eigenvalue weighted by Crippen LogP contribution is -2.25. The zero-order chi connectivity index (χ0) is 11.3. The summed E-state index contributed by atoms with van der Waals surface area (Å²) in [6.45, 7) is 6.81. The molecule has 3 nitrogen and oxygen atoms in total. The number of nitrogens with zero attached hydrogens (tertiary/aromatic N) is 1. The van der Waals surface area contributed by atoms with E-state index in [0.717, 1.165) is 5.69 Å². The van der Waals surface area contributed by atoms with Gasteiger partial charge in [-0.25, -0.2) is 0 Å². The Labute approximate surface area is 91.9 Å². The number of likely N-dealkylation sites (N-methyl/N-ethyl adjacent to an activating group) is 1. The lowest BCUT2D eigenvalue weighted by atomic mass is 10.1. The fourth-order valence-corrected chi connectivity index (χ4v) is 1.45. The molecule has 1 aromatic heterocycles. The molecule has 0 aliphatic rings. The van der Waals surface area contributed by atoms with Gasteiger partial charge in [0.2, 0.25) is 0 Å². The van der Waals surface area contributed by atoms with Crippen molar-refractivity contribution >= 4 is 0 Å². The van der Waals surface area contributed by atoms with E-state index in [1.54, 1.807) is 0 Å². The molecular weight excluding hydrogens is 188 g/mol. The monoisotopic (exact) mass is 208 g/mol. The molecule has 0 bridgehead atoms. The van der Waals surface area contributed by atoms with Crippen LogP contribution < -0.4 is 5.32 Å². The maximum absolute atomic E-state index is 5.60. The quantitative estimate of drug-likeness (QED) is 0.804. The summed E-state index contributed by atoms with van der Waals surface area (Å²) in [5.74, 6) is 0. The Morgan fingerprint density at radius 1 is 1.47 bits per heavy atom. The van der Waals surface area contributed by atoms with Gasteiger partial charge in [0.05, 0.1) is 24.4 Å². The fourth-order valence-electron chi connectivity index (χ4n) is 1.45. The molecule has 0 spiro atoms. The van der Waals surface area contributed by atoms with Crippen molar-refractivity contribution in [2.24, 2.45) is 0 Å². The number of pyridine rings is 1. The van der Waals surface area contributed by atoms with Gasteiger partial charge < -0.3 is 10.1 Å². The van der Waals surface area contributed by atoms with Gasteiger partial charge in [0.15, 0.2) is 0 Å². The van der Waals surface area contributed by atoms with E-state index in [0.29, 0.717) is 6.61 Å². The van der Waals surface area contributed by atoms with Crippen molar-refractivity contribution in [1.82, 2.24) is 10.3 Å². The van der Waals surface area contributed by atoms with Crippen LogP contribution in [0.25, 0.3) is 0 Å². The van der Waals surface area contributed by atoms with Crippen LogP contribution in [0.15, 0.2) is 18.3 Å². The molecule has 0 saturated heterocycles. The first-order valence-corrected chi connectivity index (χ1v) is 5.35. The van der Waals surface area contributed by atoms with Crippen molar-refractivity contribution in [3.63, 3.8) is 0 Å². The summed E-state index contributed by atoms with van der Waals surface area (Å²) in [5.41, 5.74) is 2.27. The summed E-state index contributed by atoms with van der Waals surface area (Å²) in [5, 5.41) is 3.23. The molecular formula is C12H20N2O. The molecule has 0 aromatic carbocycles. The van der Waals surface area contributed by atoms with Gasteiger partial charge in [0.25, 0.3) is 0 Å². The van der Waals surface area contributed by atoms with E-state index in [2.05, 4.69) is 23.3 Å². The number of hydrogen-bond acceptors (Lipinski definition) is 3. The standard InChI is InChI=1S/C12H20N2O/c1-9(2)15-8-11(13-4)12-10(3)6-5-7-14-12/h5-7,9,11,13H,8H2,1-4H3. The van der Waals surface area contributed by atoms with Crippen molar-refractivity contribution in [3.05, 3.63) is 29.6 Å². The molecule has 0 aliphatic heterocycles. The minimum absolute atomic E-state index is 0.175. The predicted octanol–water partition coefficient (Wildman–Crippen LogP) is 2.08. The van der Waals surface area contributed by atoms with Crippen molar-refractivity contribution in [2.45, 2.75) is 32.9 Å². The molecule has 0 fully saturated rings. The molecule has 1 rings (SSSR count). The van der Waals surface area contributed by atoms with E-state index in [1.807, 2.05) is 33.2 Å². The van der Waals surface area contributed by atoms with E-state index in [1.165, 1.54) is 5.56 Å². The van der Waals surface area contributed by atoms with Gasteiger partial charge in [-0.2, -0.15) is 0 Å². The first kappa shape index (κ1) is 12.1. The molecule has 1 aromatic rings. The zero-order valence-corrected chi connectivity index (χ0v) is 9.95. The molecule has 0 radical (unpaired) electrons.